The number of esters is 4. The molecule has 2 rings (SSSR count). The summed E-state index contributed by atoms with van der Waals surface area (Å²) in [6.07, 6.45) is -5.60. The van der Waals surface area contributed by atoms with Gasteiger partial charge in [-0.15, -0.1) is 0 Å². The predicted octanol–water partition coefficient (Wildman–Crippen LogP) is 4.00. The third-order valence-electron chi connectivity index (χ3n) is 6.36. The van der Waals surface area contributed by atoms with Crippen LogP contribution in [-0.2, 0) is 42.9 Å². The van der Waals surface area contributed by atoms with Crippen LogP contribution in [0.15, 0.2) is 24.4 Å². The fourth-order valence-corrected chi connectivity index (χ4v) is 3.55. The minimum absolute atomic E-state index is 0.0391. The van der Waals surface area contributed by atoms with E-state index in [2.05, 4.69) is 10.3 Å². The quantitative estimate of drug-likeness (QED) is 0.347. The van der Waals surface area contributed by atoms with E-state index in [-0.39, 0.29) is 5.69 Å². The maximum Gasteiger partial charge on any atom is 0.311 e. The third-order valence-corrected chi connectivity index (χ3v) is 6.36. The number of carbonyl (C=O) groups excluding carboxylic acids is 5. The van der Waals surface area contributed by atoms with Crippen LogP contribution in [0.1, 0.15) is 93.6 Å². The highest BCUT2D eigenvalue weighted by atomic mass is 16.7. The van der Waals surface area contributed by atoms with E-state index in [0.29, 0.717) is 0 Å². The molecule has 1 amide bonds. The molecule has 0 saturated carbocycles. The number of hydrogen-bond acceptors (Lipinski definition) is 11. The summed E-state index contributed by atoms with van der Waals surface area (Å²) in [5.41, 5.74) is -3.85. The molecule has 1 aromatic rings. The van der Waals surface area contributed by atoms with Gasteiger partial charge in [0, 0.05) is 6.20 Å². The average Bonchev–Trinajstić information content (AvgIpc) is 2.88. The first kappa shape index (κ1) is 36.7. The Morgan fingerprint density at radius 1 is 0.682 bits per heavy atom. The minimum Gasteiger partial charge on any atom is -0.462 e. The number of nitrogens with one attached hydrogen (secondary N) is 1. The van der Waals surface area contributed by atoms with E-state index in [1.807, 2.05) is 0 Å². The molecule has 1 aromatic heterocycles. The highest BCUT2D eigenvalue weighted by Crippen LogP contribution is 2.33. The van der Waals surface area contributed by atoms with Crippen LogP contribution in [-0.4, -0.2) is 72.0 Å². The Morgan fingerprint density at radius 2 is 1.14 bits per heavy atom. The van der Waals surface area contributed by atoms with E-state index < -0.39 is 88.7 Å². The lowest BCUT2D eigenvalue weighted by Gasteiger charge is -2.46. The maximum absolute atomic E-state index is 13.3. The summed E-state index contributed by atoms with van der Waals surface area (Å²) < 4.78 is 29.5. The van der Waals surface area contributed by atoms with Gasteiger partial charge in [0.05, 0.1) is 21.7 Å². The molecule has 246 valence electrons. The molecule has 1 N–H and O–H groups in total. The zero-order chi connectivity index (χ0) is 33.8. The van der Waals surface area contributed by atoms with Crippen LogP contribution >= 0.6 is 0 Å². The van der Waals surface area contributed by atoms with Crippen molar-refractivity contribution in [2.75, 3.05) is 6.61 Å². The lowest BCUT2D eigenvalue weighted by atomic mass is 9.92. The Balaban J connectivity index is 2.70. The molecule has 5 atom stereocenters. The van der Waals surface area contributed by atoms with E-state index in [0.717, 1.165) is 0 Å². The van der Waals surface area contributed by atoms with Crippen molar-refractivity contribution in [2.45, 2.75) is 114 Å². The first-order valence-electron chi connectivity index (χ1n) is 14.6. The van der Waals surface area contributed by atoms with Crippen LogP contribution in [0.5, 0.6) is 0 Å². The van der Waals surface area contributed by atoms with E-state index in [4.69, 9.17) is 23.7 Å². The largest absolute Gasteiger partial charge is 0.462 e. The first-order valence-corrected chi connectivity index (χ1v) is 14.6. The Bertz CT molecular complexity index is 1200. The second-order valence-corrected chi connectivity index (χ2v) is 15.0. The molecule has 1 aliphatic rings. The number of hydrogen-bond donors (Lipinski definition) is 1. The van der Waals surface area contributed by atoms with E-state index in [9.17, 15) is 24.0 Å². The molecule has 12 nitrogen and oxygen atoms in total. The molecule has 1 fully saturated rings. The molecule has 0 radical (unpaired) electrons. The SMILES string of the molecule is CC(C)(C)C(=O)OCC1OC(NC(=O)c2ccccn2)C(OC(=O)C(C)(C)C)C(OC(=O)C(C)(C)C)C1OC(=O)C(C)(C)C. The molecule has 0 aliphatic carbocycles. The Labute approximate surface area is 259 Å². The number of ether oxygens (including phenoxy) is 5. The van der Waals surface area contributed by atoms with Crippen LogP contribution in [0.2, 0.25) is 0 Å². The highest BCUT2D eigenvalue weighted by Gasteiger charge is 2.55. The predicted molar refractivity (Wildman–Crippen MR) is 159 cm³/mol. The van der Waals surface area contributed by atoms with Gasteiger partial charge in [0.25, 0.3) is 5.91 Å². The fraction of sp³-hybridized carbons (Fsp3) is 0.688. The van der Waals surface area contributed by atoms with Gasteiger partial charge in [0.15, 0.2) is 24.5 Å². The lowest BCUT2D eigenvalue weighted by molar-refractivity contribution is -0.263. The summed E-state index contributed by atoms with van der Waals surface area (Å²) in [7, 11) is 0. The summed E-state index contributed by atoms with van der Waals surface area (Å²) in [6.45, 7) is 19.2. The van der Waals surface area contributed by atoms with Crippen molar-refractivity contribution in [3.05, 3.63) is 30.1 Å². The van der Waals surface area contributed by atoms with Crippen LogP contribution in [0.25, 0.3) is 0 Å². The summed E-state index contributed by atoms with van der Waals surface area (Å²) in [5.74, 6) is -3.31. The molecule has 12 heteroatoms. The number of amides is 1. The molecule has 5 unspecified atom stereocenters. The number of rotatable bonds is 7. The zero-order valence-corrected chi connectivity index (χ0v) is 27.9. The lowest BCUT2D eigenvalue weighted by Crippen LogP contribution is -2.67. The second kappa shape index (κ2) is 13.6. The summed E-state index contributed by atoms with van der Waals surface area (Å²) in [4.78, 5) is 69.8. The van der Waals surface area contributed by atoms with Crippen molar-refractivity contribution in [3.63, 3.8) is 0 Å². The van der Waals surface area contributed by atoms with Gasteiger partial charge in [-0.05, 0) is 95.2 Å². The van der Waals surface area contributed by atoms with Gasteiger partial charge in [-0.2, -0.15) is 0 Å². The highest BCUT2D eigenvalue weighted by molar-refractivity contribution is 5.92. The fourth-order valence-electron chi connectivity index (χ4n) is 3.55. The Morgan fingerprint density at radius 3 is 1.57 bits per heavy atom. The number of pyridine rings is 1. The molecule has 1 saturated heterocycles. The molecular formula is C32H48N2O10. The number of aromatic nitrogens is 1. The topological polar surface area (TPSA) is 156 Å². The van der Waals surface area contributed by atoms with Crippen molar-refractivity contribution in [3.8, 4) is 0 Å². The number of carbonyl (C=O) groups is 5. The van der Waals surface area contributed by atoms with Crippen molar-refractivity contribution in [1.29, 1.82) is 0 Å². The molecule has 0 spiro atoms. The van der Waals surface area contributed by atoms with E-state index >= 15 is 0 Å². The molecule has 44 heavy (non-hydrogen) atoms. The minimum atomic E-state index is -1.48. The molecule has 0 bridgehead atoms. The van der Waals surface area contributed by atoms with Crippen molar-refractivity contribution >= 4 is 29.8 Å². The molecule has 1 aliphatic heterocycles. The summed E-state index contributed by atoms with van der Waals surface area (Å²) in [5, 5.41) is 2.66. The average molecular weight is 621 g/mol. The Kier molecular flexibility index (Phi) is 11.3. The molecule has 0 aromatic carbocycles. The first-order chi connectivity index (χ1) is 19.9. The van der Waals surface area contributed by atoms with Gasteiger partial charge < -0.3 is 29.0 Å². The number of nitrogens with zero attached hydrogens (tertiary/aromatic N) is 1. The molecular weight excluding hydrogens is 572 g/mol. The smallest absolute Gasteiger partial charge is 0.311 e. The normalized spacial score (nSPS) is 22.8. The molecule has 2 heterocycles. The van der Waals surface area contributed by atoms with Gasteiger partial charge >= 0.3 is 23.9 Å². The van der Waals surface area contributed by atoms with Crippen molar-refractivity contribution in [1.82, 2.24) is 10.3 Å². The van der Waals surface area contributed by atoms with Gasteiger partial charge in [0.1, 0.15) is 18.4 Å². The van der Waals surface area contributed by atoms with Crippen LogP contribution < -0.4 is 5.32 Å². The van der Waals surface area contributed by atoms with Crippen LogP contribution in [0.3, 0.4) is 0 Å². The zero-order valence-electron chi connectivity index (χ0n) is 27.9. The van der Waals surface area contributed by atoms with Crippen LogP contribution in [0.4, 0.5) is 0 Å². The van der Waals surface area contributed by atoms with Gasteiger partial charge in [-0.1, -0.05) is 6.07 Å². The van der Waals surface area contributed by atoms with E-state index in [1.54, 1.807) is 95.2 Å². The van der Waals surface area contributed by atoms with Crippen molar-refractivity contribution < 1.29 is 47.7 Å². The third kappa shape index (κ3) is 10.0. The Hall–Kier alpha value is -3.54. The monoisotopic (exact) mass is 620 g/mol. The van der Waals surface area contributed by atoms with Crippen LogP contribution in [0, 0.1) is 21.7 Å². The second-order valence-electron chi connectivity index (χ2n) is 15.0. The summed E-state index contributed by atoms with van der Waals surface area (Å²) >= 11 is 0. The summed E-state index contributed by atoms with van der Waals surface area (Å²) in [6, 6.07) is 4.73. The van der Waals surface area contributed by atoms with Gasteiger partial charge in [-0.3, -0.25) is 29.0 Å². The van der Waals surface area contributed by atoms with Gasteiger partial charge in [0.2, 0.25) is 0 Å². The van der Waals surface area contributed by atoms with Gasteiger partial charge in [-0.25, -0.2) is 0 Å². The van der Waals surface area contributed by atoms with Crippen molar-refractivity contribution in [2.24, 2.45) is 21.7 Å². The van der Waals surface area contributed by atoms with E-state index in [1.165, 1.54) is 12.3 Å². The maximum atomic E-state index is 13.3. The standard InChI is InChI=1S/C32H48N2O10/c1-29(2,3)25(36)40-17-19-20(42-26(37)30(4,5)6)21(43-27(38)31(7,8)9)22(44-28(39)32(10,11)12)24(41-19)34-23(35)18-15-13-14-16-33-18/h13-16,19-22,24H,17H2,1-12H3,(H,34,35).